The van der Waals surface area contributed by atoms with Gasteiger partial charge in [0.2, 0.25) is 17.2 Å². The molecule has 1 aliphatic heterocycles. The first kappa shape index (κ1) is 53.7. The average molecular weight is 1010 g/mol. The van der Waals surface area contributed by atoms with Crippen molar-refractivity contribution < 1.29 is 47.3 Å². The van der Waals surface area contributed by atoms with Crippen LogP contribution >= 0.6 is 0 Å². The Balaban J connectivity index is 0.789. The van der Waals surface area contributed by atoms with Gasteiger partial charge in [0.15, 0.2) is 17.4 Å². The Morgan fingerprint density at radius 2 is 1.66 bits per heavy atom. The number of rotatable bonds is 20. The molecule has 0 saturated heterocycles. The molecule has 2 aromatic rings. The predicted molar refractivity (Wildman–Crippen MR) is 277 cm³/mol. The number of carboxylic acids is 1. The number of benzene rings is 3. The van der Waals surface area contributed by atoms with Gasteiger partial charge < -0.3 is 35.3 Å². The number of amides is 3. The van der Waals surface area contributed by atoms with Crippen molar-refractivity contribution in [1.29, 1.82) is 0 Å². The van der Waals surface area contributed by atoms with E-state index in [2.05, 4.69) is 56.6 Å². The molecule has 394 valence electrons. The molecule has 0 radical (unpaired) electrons. The first-order valence-electron chi connectivity index (χ1n) is 26.8. The van der Waals surface area contributed by atoms with Crippen LogP contribution in [0, 0.1) is 64.9 Å². The number of fused-ring (bicyclic) bond motifs is 7. The van der Waals surface area contributed by atoms with Gasteiger partial charge in [-0.25, -0.2) is 8.78 Å². The second-order valence-electron chi connectivity index (χ2n) is 22.8. The van der Waals surface area contributed by atoms with Crippen LogP contribution in [0.5, 0.6) is 5.75 Å². The van der Waals surface area contributed by atoms with E-state index in [0.717, 1.165) is 79.0 Å². The van der Waals surface area contributed by atoms with E-state index in [-0.39, 0.29) is 70.2 Å². The molecule has 2 aromatic carbocycles. The highest BCUT2D eigenvalue weighted by Gasteiger charge is 2.59. The average Bonchev–Trinajstić information content (AvgIpc) is 3.70. The molecule has 3 amide bonds. The maximum Gasteiger partial charge on any atom is 0.303 e. The minimum Gasteiger partial charge on any atom is -0.505 e. The van der Waals surface area contributed by atoms with Gasteiger partial charge in [-0.2, -0.15) is 0 Å². The molecule has 8 rings (SSSR count). The summed E-state index contributed by atoms with van der Waals surface area (Å²) in [5.41, 5.74) is 2.90. The zero-order valence-corrected chi connectivity index (χ0v) is 43.5. The van der Waals surface area contributed by atoms with Crippen LogP contribution in [0.2, 0.25) is 0 Å². The molecular formula is C59H75F2N3O9. The Hall–Kier alpha value is -5.63. The number of aryl methyl sites for hydroxylation is 1. The van der Waals surface area contributed by atoms with E-state index in [1.165, 1.54) is 63.5 Å². The summed E-state index contributed by atoms with van der Waals surface area (Å²) in [5.74, 6) is -0.644. The van der Waals surface area contributed by atoms with Crippen molar-refractivity contribution in [1.82, 2.24) is 16.0 Å². The topological polar surface area (TPSA) is 184 Å². The van der Waals surface area contributed by atoms with E-state index in [4.69, 9.17) is 9.15 Å². The Morgan fingerprint density at radius 1 is 0.863 bits per heavy atom. The van der Waals surface area contributed by atoms with E-state index in [0.29, 0.717) is 36.1 Å². The van der Waals surface area contributed by atoms with Crippen LogP contribution in [-0.2, 0) is 19.1 Å². The molecule has 0 bridgehead atoms. The van der Waals surface area contributed by atoms with Crippen LogP contribution < -0.4 is 21.4 Å². The molecule has 14 heteroatoms. The van der Waals surface area contributed by atoms with E-state index in [1.54, 1.807) is 18.6 Å². The molecule has 12 nitrogen and oxygen atoms in total. The summed E-state index contributed by atoms with van der Waals surface area (Å²) in [6.45, 7) is 15.0. The fourth-order valence-electron chi connectivity index (χ4n) is 13.9. The minimum absolute atomic E-state index is 0.00650. The smallest absolute Gasteiger partial charge is 0.303 e. The van der Waals surface area contributed by atoms with Crippen molar-refractivity contribution in [3.63, 3.8) is 0 Å². The predicted octanol–water partition coefficient (Wildman–Crippen LogP) is 11.3. The van der Waals surface area contributed by atoms with Gasteiger partial charge in [0, 0.05) is 66.7 Å². The Labute approximate surface area is 427 Å². The number of phenols is 1. The van der Waals surface area contributed by atoms with Gasteiger partial charge in [-0.3, -0.25) is 24.0 Å². The van der Waals surface area contributed by atoms with Crippen LogP contribution in [0.15, 0.2) is 63.3 Å². The third-order valence-electron chi connectivity index (χ3n) is 17.8. The molecular weight excluding hydrogens is 933 g/mol. The summed E-state index contributed by atoms with van der Waals surface area (Å²) >= 11 is 0. The molecule has 6 aliphatic rings. The Morgan fingerprint density at radius 3 is 2.41 bits per heavy atom. The molecule has 5 N–H and O–H groups in total. The maximum atomic E-state index is 14.7. The van der Waals surface area contributed by atoms with Crippen molar-refractivity contribution in [3.05, 3.63) is 87.1 Å². The number of halogens is 2. The summed E-state index contributed by atoms with van der Waals surface area (Å²) in [6, 6.07) is 7.28. The number of allylic oxidation sites excluding steroid dienone is 1. The van der Waals surface area contributed by atoms with Gasteiger partial charge in [-0.15, -0.1) is 0 Å². The summed E-state index contributed by atoms with van der Waals surface area (Å²) in [7, 11) is 0. The first-order chi connectivity index (χ1) is 34.8. The molecule has 3 fully saturated rings. The highest BCUT2D eigenvalue weighted by Crippen LogP contribution is 2.67. The number of carbonyl (C=O) groups excluding carboxylic acids is 3. The lowest BCUT2D eigenvalue weighted by molar-refractivity contribution is -0.137. The van der Waals surface area contributed by atoms with Crippen molar-refractivity contribution in [3.8, 4) is 28.2 Å². The van der Waals surface area contributed by atoms with Gasteiger partial charge in [0.1, 0.15) is 17.4 Å². The number of aliphatic carboxylic acids is 1. The zero-order chi connectivity index (χ0) is 52.4. The molecule has 3 unspecified atom stereocenters. The monoisotopic (exact) mass is 1010 g/mol. The highest BCUT2D eigenvalue weighted by molar-refractivity contribution is 6.04. The second kappa shape index (κ2) is 22.5. The maximum absolute atomic E-state index is 14.7. The molecule has 1 heterocycles. The minimum atomic E-state index is -1.24. The second-order valence-corrected chi connectivity index (χ2v) is 22.8. The van der Waals surface area contributed by atoms with Crippen LogP contribution in [-0.4, -0.2) is 65.7 Å². The quantitative estimate of drug-likeness (QED) is 0.0327. The van der Waals surface area contributed by atoms with E-state index in [1.807, 2.05) is 0 Å². The molecule has 73 heavy (non-hydrogen) atoms. The van der Waals surface area contributed by atoms with Gasteiger partial charge >= 0.3 is 5.97 Å². The lowest BCUT2D eigenvalue weighted by atomic mass is 9.47. The largest absolute Gasteiger partial charge is 0.505 e. The van der Waals surface area contributed by atoms with E-state index >= 15 is 0 Å². The summed E-state index contributed by atoms with van der Waals surface area (Å²) in [5, 5.41) is 27.8. The Bertz CT molecular complexity index is 2770. The van der Waals surface area contributed by atoms with Crippen LogP contribution in [0.3, 0.4) is 0 Å². The van der Waals surface area contributed by atoms with Crippen LogP contribution in [0.25, 0.3) is 33.4 Å². The fourth-order valence-corrected chi connectivity index (χ4v) is 13.9. The summed E-state index contributed by atoms with van der Waals surface area (Å²) in [6.07, 6.45) is 16.7. The summed E-state index contributed by atoms with van der Waals surface area (Å²) in [4.78, 5) is 63.4. The van der Waals surface area contributed by atoms with Crippen molar-refractivity contribution in [2.45, 2.75) is 150 Å². The van der Waals surface area contributed by atoms with E-state index < -0.39 is 53.1 Å². The van der Waals surface area contributed by atoms with Crippen LogP contribution in [0.1, 0.15) is 147 Å². The molecule has 0 aromatic heterocycles. The molecule has 3 saturated carbocycles. The first-order valence-corrected chi connectivity index (χ1v) is 26.8. The number of hydrogen-bond acceptors (Lipinski definition) is 8. The standard InChI is InChI=1S/C59H75F2N3O9/c1-33(2)9-7-10-34(3)43-15-16-44-40-14-12-37-28-38(19-22-58(37,5)45(40)20-23-59(43,44)6)72-26-8-24-62-53(67)21-25-63-57(71)48(17-18-54(68)69)64-56(70)36-11-13-39(35(4)27-36)55-41-29-46(60)49(65)31-51(41)73-52-32-50(66)47(61)30-42(52)55/h11-13,27,29-34,38,40,43-45,48,65H,7-10,14-26,28H2,1-6H3,(H,62,67)(H,63,71)(H,64,70)(H,68,69)/t34-,38+,40?,43-,44?,45?,48+,58+,59-/m1/s1. The number of phenolic OH excluding ortho intramolecular Hbond substituents is 1. The van der Waals surface area contributed by atoms with Gasteiger partial charge in [-0.05, 0) is 153 Å². The lowest BCUT2D eigenvalue weighted by Gasteiger charge is -2.58. The van der Waals surface area contributed by atoms with Crippen LogP contribution in [0.4, 0.5) is 8.78 Å². The number of carbonyl (C=O) groups is 4. The number of ether oxygens (including phenoxy) is 1. The number of carboxylic acid groups (broad SMARTS) is 1. The molecule has 9 atom stereocenters. The fraction of sp³-hybridized carbons (Fsp3) is 0.576. The van der Waals surface area contributed by atoms with Crippen molar-refractivity contribution >= 4 is 34.7 Å². The number of nitrogens with one attached hydrogen (secondary N) is 3. The van der Waals surface area contributed by atoms with Gasteiger partial charge in [-0.1, -0.05) is 71.6 Å². The number of hydrogen-bond donors (Lipinski definition) is 5. The van der Waals surface area contributed by atoms with Gasteiger partial charge in [0.25, 0.3) is 5.91 Å². The highest BCUT2D eigenvalue weighted by atomic mass is 19.1. The normalized spacial score (nSPS) is 25.3. The third-order valence-corrected chi connectivity index (χ3v) is 17.8. The Kier molecular flexibility index (Phi) is 16.5. The van der Waals surface area contributed by atoms with Crippen molar-refractivity contribution in [2.24, 2.45) is 46.3 Å². The van der Waals surface area contributed by atoms with Gasteiger partial charge in [0.05, 0.1) is 6.10 Å². The van der Waals surface area contributed by atoms with Crippen molar-refractivity contribution in [2.75, 3.05) is 19.7 Å². The third kappa shape index (κ3) is 11.5. The molecule has 0 spiro atoms. The summed E-state index contributed by atoms with van der Waals surface area (Å²) < 4.78 is 41.5. The molecule has 5 aliphatic carbocycles. The SMILES string of the molecule is Cc1cc(C(=O)N[C@@H](CCC(=O)O)C(=O)NCCC(=O)NCCCO[C@H]2CC[C@@]3(C)C(=CCC4C3CC[C@@]3(C)C4CC[C@@H]3[C@H](C)CCCC(C)C)C2)ccc1-c1c2cc(F)c(=O)cc-2oc2cc(O)c(F)cc12. The zero-order valence-electron chi connectivity index (χ0n) is 43.5. The number of aromatic hydroxyl groups is 1. The lowest BCUT2D eigenvalue weighted by Crippen LogP contribution is -2.51. The van der Waals surface area contributed by atoms with E-state index in [9.17, 15) is 43.0 Å².